The van der Waals surface area contributed by atoms with Crippen LogP contribution in [0.4, 0.5) is 0 Å². The number of para-hydroxylation sites is 1. The lowest BCUT2D eigenvalue weighted by molar-refractivity contribution is 0.482. The minimum absolute atomic E-state index is 0.856. The second-order valence-electron chi connectivity index (χ2n) is 3.54. The van der Waals surface area contributed by atoms with Crippen molar-refractivity contribution in [1.82, 2.24) is 0 Å². The van der Waals surface area contributed by atoms with Crippen molar-refractivity contribution in [1.29, 1.82) is 0 Å². The Morgan fingerprint density at radius 3 is 2.38 bits per heavy atom. The van der Waals surface area contributed by atoms with E-state index in [1.165, 1.54) is 5.56 Å². The standard InChI is InChI=1S/C14H14OS/c16-10-9-12-5-4-8-14(11-12)15-13-6-2-1-3-7-13/h1-8,11,16H,9-10H2. The number of benzene rings is 2. The minimum Gasteiger partial charge on any atom is -0.457 e. The topological polar surface area (TPSA) is 9.23 Å². The van der Waals surface area contributed by atoms with Crippen molar-refractivity contribution in [2.24, 2.45) is 0 Å². The number of aryl methyl sites for hydroxylation is 1. The molecular weight excluding hydrogens is 216 g/mol. The average molecular weight is 230 g/mol. The lowest BCUT2D eigenvalue weighted by Gasteiger charge is -2.06. The van der Waals surface area contributed by atoms with Gasteiger partial charge in [0.15, 0.2) is 0 Å². The van der Waals surface area contributed by atoms with Crippen molar-refractivity contribution in [3.05, 3.63) is 60.2 Å². The first-order valence-electron chi connectivity index (χ1n) is 5.31. The SMILES string of the molecule is SCCc1cccc(Oc2ccccc2)c1. The molecule has 0 aliphatic rings. The van der Waals surface area contributed by atoms with E-state index in [9.17, 15) is 0 Å². The van der Waals surface area contributed by atoms with Crippen LogP contribution in [-0.4, -0.2) is 5.75 Å². The molecule has 0 heterocycles. The van der Waals surface area contributed by atoms with Crippen LogP contribution in [0.3, 0.4) is 0 Å². The van der Waals surface area contributed by atoms with Crippen molar-refractivity contribution in [3.8, 4) is 11.5 Å². The molecule has 0 aliphatic carbocycles. The van der Waals surface area contributed by atoms with Gasteiger partial charge in [-0.3, -0.25) is 0 Å². The van der Waals surface area contributed by atoms with Gasteiger partial charge >= 0.3 is 0 Å². The lowest BCUT2D eigenvalue weighted by Crippen LogP contribution is -1.88. The highest BCUT2D eigenvalue weighted by Gasteiger charge is 1.97. The summed E-state index contributed by atoms with van der Waals surface area (Å²) in [7, 11) is 0. The Morgan fingerprint density at radius 1 is 0.875 bits per heavy atom. The van der Waals surface area contributed by atoms with Crippen LogP contribution in [0.25, 0.3) is 0 Å². The summed E-state index contributed by atoms with van der Waals surface area (Å²) in [5, 5.41) is 0. The van der Waals surface area contributed by atoms with Gasteiger partial charge in [-0.1, -0.05) is 30.3 Å². The molecule has 0 N–H and O–H groups in total. The zero-order chi connectivity index (χ0) is 11.2. The van der Waals surface area contributed by atoms with E-state index in [0.29, 0.717) is 0 Å². The Balaban J connectivity index is 2.12. The minimum atomic E-state index is 0.856. The van der Waals surface area contributed by atoms with Crippen LogP contribution in [0.5, 0.6) is 11.5 Å². The monoisotopic (exact) mass is 230 g/mol. The van der Waals surface area contributed by atoms with Gasteiger partial charge in [-0.15, -0.1) is 0 Å². The first-order valence-corrected chi connectivity index (χ1v) is 5.94. The summed E-state index contributed by atoms with van der Waals surface area (Å²) in [6.07, 6.45) is 0.967. The van der Waals surface area contributed by atoms with Crippen molar-refractivity contribution < 1.29 is 4.74 Å². The van der Waals surface area contributed by atoms with Gasteiger partial charge in [0.05, 0.1) is 0 Å². The molecule has 0 spiro atoms. The molecule has 0 saturated carbocycles. The summed E-state index contributed by atoms with van der Waals surface area (Å²) in [6.45, 7) is 0. The highest BCUT2D eigenvalue weighted by Crippen LogP contribution is 2.21. The number of ether oxygens (including phenoxy) is 1. The van der Waals surface area contributed by atoms with Crippen molar-refractivity contribution >= 4 is 12.6 Å². The van der Waals surface area contributed by atoms with Gasteiger partial charge in [0.25, 0.3) is 0 Å². The third-order valence-electron chi connectivity index (χ3n) is 2.28. The molecular formula is C14H14OS. The quantitative estimate of drug-likeness (QED) is 0.782. The maximum atomic E-state index is 5.74. The van der Waals surface area contributed by atoms with Gasteiger partial charge in [-0.25, -0.2) is 0 Å². The Bertz CT molecular complexity index is 439. The molecule has 2 aromatic rings. The highest BCUT2D eigenvalue weighted by molar-refractivity contribution is 7.80. The Labute approximate surface area is 101 Å². The fraction of sp³-hybridized carbons (Fsp3) is 0.143. The summed E-state index contributed by atoms with van der Waals surface area (Å²) in [4.78, 5) is 0. The summed E-state index contributed by atoms with van der Waals surface area (Å²) < 4.78 is 5.74. The molecule has 2 heteroatoms. The van der Waals surface area contributed by atoms with Gasteiger partial charge in [0.2, 0.25) is 0 Å². The molecule has 0 atom stereocenters. The van der Waals surface area contributed by atoms with Crippen LogP contribution < -0.4 is 4.74 Å². The molecule has 2 rings (SSSR count). The first kappa shape index (κ1) is 11.1. The van der Waals surface area contributed by atoms with Crippen LogP contribution in [0.1, 0.15) is 5.56 Å². The molecule has 0 saturated heterocycles. The van der Waals surface area contributed by atoms with Gasteiger partial charge in [-0.2, -0.15) is 12.6 Å². The van der Waals surface area contributed by atoms with E-state index in [-0.39, 0.29) is 0 Å². The molecule has 0 aliphatic heterocycles. The molecule has 0 amide bonds. The van der Waals surface area contributed by atoms with Crippen molar-refractivity contribution in [3.63, 3.8) is 0 Å². The fourth-order valence-corrected chi connectivity index (χ4v) is 1.78. The summed E-state index contributed by atoms with van der Waals surface area (Å²) in [6, 6.07) is 17.9. The highest BCUT2D eigenvalue weighted by atomic mass is 32.1. The van der Waals surface area contributed by atoms with Crippen molar-refractivity contribution in [2.45, 2.75) is 6.42 Å². The summed E-state index contributed by atoms with van der Waals surface area (Å²) >= 11 is 4.22. The van der Waals surface area contributed by atoms with Crippen LogP contribution in [0, 0.1) is 0 Å². The molecule has 1 nitrogen and oxygen atoms in total. The predicted octanol–water partition coefficient (Wildman–Crippen LogP) is 3.95. The van der Waals surface area contributed by atoms with E-state index >= 15 is 0 Å². The van der Waals surface area contributed by atoms with E-state index in [2.05, 4.69) is 24.8 Å². The molecule has 82 valence electrons. The molecule has 0 fully saturated rings. The van der Waals surface area contributed by atoms with Gasteiger partial charge in [0, 0.05) is 0 Å². The zero-order valence-electron chi connectivity index (χ0n) is 8.97. The van der Waals surface area contributed by atoms with Gasteiger partial charge in [0.1, 0.15) is 11.5 Å². The second kappa shape index (κ2) is 5.61. The fourth-order valence-electron chi connectivity index (χ4n) is 1.52. The van der Waals surface area contributed by atoms with E-state index in [4.69, 9.17) is 4.74 Å². The molecule has 2 aromatic carbocycles. The number of thiol groups is 1. The van der Waals surface area contributed by atoms with E-state index in [1.54, 1.807) is 0 Å². The van der Waals surface area contributed by atoms with E-state index < -0.39 is 0 Å². The maximum Gasteiger partial charge on any atom is 0.127 e. The number of rotatable bonds is 4. The van der Waals surface area contributed by atoms with Crippen molar-refractivity contribution in [2.75, 3.05) is 5.75 Å². The van der Waals surface area contributed by atoms with Crippen LogP contribution in [0.15, 0.2) is 54.6 Å². The second-order valence-corrected chi connectivity index (χ2v) is 3.98. The molecule has 0 aromatic heterocycles. The van der Waals surface area contributed by atoms with Crippen LogP contribution in [0.2, 0.25) is 0 Å². The molecule has 0 radical (unpaired) electrons. The zero-order valence-corrected chi connectivity index (χ0v) is 9.86. The van der Waals surface area contributed by atoms with Crippen LogP contribution in [-0.2, 0) is 6.42 Å². The predicted molar refractivity (Wildman–Crippen MR) is 70.5 cm³/mol. The Kier molecular flexibility index (Phi) is 3.89. The number of hydrogen-bond donors (Lipinski definition) is 1. The van der Waals surface area contributed by atoms with Gasteiger partial charge in [-0.05, 0) is 42.0 Å². The average Bonchev–Trinajstić information content (AvgIpc) is 2.31. The Hall–Kier alpha value is -1.41. The summed E-state index contributed by atoms with van der Waals surface area (Å²) in [5.41, 5.74) is 1.25. The van der Waals surface area contributed by atoms with E-state index in [0.717, 1.165) is 23.7 Å². The van der Waals surface area contributed by atoms with Gasteiger partial charge < -0.3 is 4.74 Å². The maximum absolute atomic E-state index is 5.74. The van der Waals surface area contributed by atoms with Crippen LogP contribution >= 0.6 is 12.6 Å². The molecule has 0 bridgehead atoms. The molecule has 0 unspecified atom stereocenters. The Morgan fingerprint density at radius 2 is 1.62 bits per heavy atom. The smallest absolute Gasteiger partial charge is 0.127 e. The largest absolute Gasteiger partial charge is 0.457 e. The summed E-state index contributed by atoms with van der Waals surface area (Å²) in [5.74, 6) is 2.60. The molecule has 16 heavy (non-hydrogen) atoms. The van der Waals surface area contributed by atoms with E-state index in [1.807, 2.05) is 42.5 Å². The third-order valence-corrected chi connectivity index (χ3v) is 2.50. The third kappa shape index (κ3) is 3.04. The first-order chi connectivity index (χ1) is 7.88. The normalized spacial score (nSPS) is 10.1. The number of hydrogen-bond acceptors (Lipinski definition) is 2. The lowest BCUT2D eigenvalue weighted by atomic mass is 10.2.